The molecule has 0 unspecified atom stereocenters. The van der Waals surface area contributed by atoms with Crippen molar-refractivity contribution in [2.24, 2.45) is 7.05 Å². The van der Waals surface area contributed by atoms with Crippen LogP contribution in [0.5, 0.6) is 5.75 Å². The SMILES string of the molecule is CCOc1ccc2c(c1)c1nnc(SCC(=O)NC3CCCCC3)nc1n2C. The Morgan fingerprint density at radius 1 is 1.29 bits per heavy atom. The van der Waals surface area contributed by atoms with Crippen molar-refractivity contribution < 1.29 is 9.53 Å². The molecule has 1 aliphatic rings. The summed E-state index contributed by atoms with van der Waals surface area (Å²) in [6.45, 7) is 2.58. The number of amides is 1. The fraction of sp³-hybridized carbons (Fsp3) is 0.500. The van der Waals surface area contributed by atoms with Crippen molar-refractivity contribution in [2.75, 3.05) is 12.4 Å². The number of aryl methyl sites for hydroxylation is 1. The van der Waals surface area contributed by atoms with Gasteiger partial charge in [0.2, 0.25) is 11.1 Å². The first-order chi connectivity index (χ1) is 13.7. The molecule has 0 aliphatic heterocycles. The van der Waals surface area contributed by atoms with Gasteiger partial charge in [-0.25, -0.2) is 4.98 Å². The Kier molecular flexibility index (Phi) is 5.66. The molecule has 0 atom stereocenters. The van der Waals surface area contributed by atoms with Gasteiger partial charge in [-0.2, -0.15) is 0 Å². The van der Waals surface area contributed by atoms with Crippen LogP contribution in [-0.2, 0) is 11.8 Å². The van der Waals surface area contributed by atoms with Gasteiger partial charge in [0, 0.05) is 18.5 Å². The lowest BCUT2D eigenvalue weighted by molar-refractivity contribution is -0.119. The van der Waals surface area contributed by atoms with Crippen molar-refractivity contribution in [2.45, 2.75) is 50.2 Å². The molecule has 0 bridgehead atoms. The second-order valence-corrected chi connectivity index (χ2v) is 8.07. The topological polar surface area (TPSA) is 81.9 Å². The number of fused-ring (bicyclic) bond motifs is 3. The van der Waals surface area contributed by atoms with E-state index in [4.69, 9.17) is 4.74 Å². The Morgan fingerprint density at radius 3 is 2.89 bits per heavy atom. The minimum atomic E-state index is 0.0407. The smallest absolute Gasteiger partial charge is 0.230 e. The van der Waals surface area contributed by atoms with E-state index < -0.39 is 0 Å². The van der Waals surface area contributed by atoms with Gasteiger partial charge < -0.3 is 14.6 Å². The second-order valence-electron chi connectivity index (χ2n) is 7.13. The maximum absolute atomic E-state index is 12.2. The van der Waals surface area contributed by atoms with Gasteiger partial charge in [0.15, 0.2) is 5.65 Å². The highest BCUT2D eigenvalue weighted by Gasteiger charge is 2.17. The van der Waals surface area contributed by atoms with E-state index in [0.29, 0.717) is 23.6 Å². The highest BCUT2D eigenvalue weighted by atomic mass is 32.2. The van der Waals surface area contributed by atoms with Gasteiger partial charge in [0.05, 0.1) is 17.9 Å². The number of rotatable bonds is 6. The normalized spacial score (nSPS) is 15.2. The summed E-state index contributed by atoms with van der Waals surface area (Å²) in [5.74, 6) is 1.16. The van der Waals surface area contributed by atoms with Gasteiger partial charge in [-0.15, -0.1) is 10.2 Å². The molecule has 1 amide bonds. The second kappa shape index (κ2) is 8.34. The Hall–Kier alpha value is -2.35. The third-order valence-electron chi connectivity index (χ3n) is 5.16. The molecule has 2 aromatic heterocycles. The minimum absolute atomic E-state index is 0.0407. The van der Waals surface area contributed by atoms with E-state index in [1.54, 1.807) is 0 Å². The van der Waals surface area contributed by atoms with Gasteiger partial charge in [0.1, 0.15) is 11.3 Å². The van der Waals surface area contributed by atoms with Crippen LogP contribution >= 0.6 is 11.8 Å². The van der Waals surface area contributed by atoms with Crippen LogP contribution in [0.2, 0.25) is 0 Å². The molecule has 1 N–H and O–H groups in total. The van der Waals surface area contributed by atoms with E-state index in [1.165, 1.54) is 31.0 Å². The molecule has 1 saturated carbocycles. The number of benzene rings is 1. The first-order valence-electron chi connectivity index (χ1n) is 9.83. The molecular weight excluding hydrogens is 374 g/mol. The zero-order valence-corrected chi connectivity index (χ0v) is 17.1. The van der Waals surface area contributed by atoms with Crippen molar-refractivity contribution in [1.82, 2.24) is 25.1 Å². The van der Waals surface area contributed by atoms with Crippen LogP contribution in [0, 0.1) is 0 Å². The molecule has 28 heavy (non-hydrogen) atoms. The summed E-state index contributed by atoms with van der Waals surface area (Å²) in [5.41, 5.74) is 2.53. The van der Waals surface area contributed by atoms with E-state index >= 15 is 0 Å². The highest BCUT2D eigenvalue weighted by Crippen LogP contribution is 2.29. The molecule has 4 rings (SSSR count). The molecule has 0 saturated heterocycles. The molecule has 2 heterocycles. The van der Waals surface area contributed by atoms with Crippen LogP contribution in [0.15, 0.2) is 23.4 Å². The fourth-order valence-corrected chi connectivity index (χ4v) is 4.38. The highest BCUT2D eigenvalue weighted by molar-refractivity contribution is 7.99. The summed E-state index contributed by atoms with van der Waals surface area (Å²) < 4.78 is 7.60. The first-order valence-corrected chi connectivity index (χ1v) is 10.8. The van der Waals surface area contributed by atoms with Gasteiger partial charge in [-0.1, -0.05) is 31.0 Å². The lowest BCUT2D eigenvalue weighted by atomic mass is 9.95. The van der Waals surface area contributed by atoms with Gasteiger partial charge in [-0.3, -0.25) is 4.79 Å². The summed E-state index contributed by atoms with van der Waals surface area (Å²) in [4.78, 5) is 16.9. The van der Waals surface area contributed by atoms with Crippen LogP contribution in [0.4, 0.5) is 0 Å². The monoisotopic (exact) mass is 399 g/mol. The largest absolute Gasteiger partial charge is 0.494 e. The van der Waals surface area contributed by atoms with Gasteiger partial charge in [-0.05, 0) is 38.0 Å². The fourth-order valence-electron chi connectivity index (χ4n) is 3.79. The third-order valence-corrected chi connectivity index (χ3v) is 6.00. The first kappa shape index (κ1) is 19.0. The lowest BCUT2D eigenvalue weighted by Gasteiger charge is -2.22. The molecule has 8 heteroatoms. The number of carbonyl (C=O) groups is 1. The standard InChI is InChI=1S/C20H25N5O2S/c1-3-27-14-9-10-16-15(11-14)18-19(25(16)2)22-20(24-23-18)28-12-17(26)21-13-7-5-4-6-8-13/h9-11,13H,3-8,12H2,1-2H3,(H,21,26). The van der Waals surface area contributed by atoms with E-state index in [1.807, 2.05) is 36.7 Å². The molecule has 148 valence electrons. The summed E-state index contributed by atoms with van der Waals surface area (Å²) in [6.07, 6.45) is 5.85. The van der Waals surface area contributed by atoms with Crippen molar-refractivity contribution in [3.8, 4) is 5.75 Å². The maximum atomic E-state index is 12.2. The summed E-state index contributed by atoms with van der Waals surface area (Å²) in [5, 5.41) is 13.2. The van der Waals surface area contributed by atoms with Crippen molar-refractivity contribution in [3.63, 3.8) is 0 Å². The molecular formula is C20H25N5O2S. The summed E-state index contributed by atoms with van der Waals surface area (Å²) in [7, 11) is 1.96. The Bertz CT molecular complexity index is 997. The van der Waals surface area contributed by atoms with Gasteiger partial charge >= 0.3 is 0 Å². The van der Waals surface area contributed by atoms with E-state index in [2.05, 4.69) is 20.5 Å². The number of thioether (sulfide) groups is 1. The van der Waals surface area contributed by atoms with Crippen molar-refractivity contribution >= 4 is 39.7 Å². The molecule has 7 nitrogen and oxygen atoms in total. The quantitative estimate of drug-likeness (QED) is 0.639. The van der Waals surface area contributed by atoms with Crippen LogP contribution in [0.3, 0.4) is 0 Å². The third kappa shape index (κ3) is 3.92. The number of hydrogen-bond acceptors (Lipinski definition) is 6. The van der Waals surface area contributed by atoms with Crippen LogP contribution in [-0.4, -0.2) is 44.1 Å². The molecule has 3 aromatic rings. The predicted molar refractivity (Wildman–Crippen MR) is 111 cm³/mol. The number of aromatic nitrogens is 4. The lowest BCUT2D eigenvalue weighted by Crippen LogP contribution is -2.37. The zero-order valence-electron chi connectivity index (χ0n) is 16.3. The van der Waals surface area contributed by atoms with Crippen molar-refractivity contribution in [1.29, 1.82) is 0 Å². The van der Waals surface area contributed by atoms with Crippen LogP contribution in [0.1, 0.15) is 39.0 Å². The maximum Gasteiger partial charge on any atom is 0.230 e. The minimum Gasteiger partial charge on any atom is -0.494 e. The van der Waals surface area contributed by atoms with E-state index in [0.717, 1.165) is 40.7 Å². The summed E-state index contributed by atoms with van der Waals surface area (Å²) >= 11 is 1.33. The Balaban J connectivity index is 1.50. The number of hydrogen-bond donors (Lipinski definition) is 1. The number of ether oxygens (including phenoxy) is 1. The van der Waals surface area contributed by atoms with Crippen molar-refractivity contribution in [3.05, 3.63) is 18.2 Å². The number of nitrogens with one attached hydrogen (secondary N) is 1. The molecule has 0 radical (unpaired) electrons. The Morgan fingerprint density at radius 2 is 2.11 bits per heavy atom. The van der Waals surface area contributed by atoms with Crippen LogP contribution < -0.4 is 10.1 Å². The van der Waals surface area contributed by atoms with Gasteiger partial charge in [0.25, 0.3) is 0 Å². The molecule has 1 aliphatic carbocycles. The molecule has 0 spiro atoms. The molecule has 1 fully saturated rings. The van der Waals surface area contributed by atoms with Crippen LogP contribution in [0.25, 0.3) is 22.1 Å². The average molecular weight is 400 g/mol. The molecule has 1 aromatic carbocycles. The summed E-state index contributed by atoms with van der Waals surface area (Å²) in [6, 6.07) is 6.25. The number of nitrogens with zero attached hydrogens (tertiary/aromatic N) is 4. The van der Waals surface area contributed by atoms with E-state index in [-0.39, 0.29) is 5.91 Å². The Labute approximate surface area is 168 Å². The predicted octanol–water partition coefficient (Wildman–Crippen LogP) is 3.46. The zero-order chi connectivity index (χ0) is 19.5. The van der Waals surface area contributed by atoms with E-state index in [9.17, 15) is 4.79 Å². The number of carbonyl (C=O) groups excluding carboxylic acids is 1. The average Bonchev–Trinajstić information content (AvgIpc) is 2.99.